The van der Waals surface area contributed by atoms with Gasteiger partial charge in [-0.25, -0.2) is 4.39 Å². The van der Waals surface area contributed by atoms with E-state index < -0.39 is 0 Å². The lowest BCUT2D eigenvalue weighted by Gasteiger charge is -2.10. The lowest BCUT2D eigenvalue weighted by Crippen LogP contribution is -2.26. The Bertz CT molecular complexity index is 657. The second-order valence-corrected chi connectivity index (χ2v) is 4.77. The fourth-order valence-corrected chi connectivity index (χ4v) is 2.37. The van der Waals surface area contributed by atoms with Crippen molar-refractivity contribution in [1.29, 1.82) is 0 Å². The highest BCUT2D eigenvalue weighted by Gasteiger charge is 2.20. The molecule has 3 N–H and O–H groups in total. The summed E-state index contributed by atoms with van der Waals surface area (Å²) in [5, 5.41) is 3.33. The minimum absolute atomic E-state index is 0. The van der Waals surface area contributed by atoms with Crippen LogP contribution < -0.4 is 11.1 Å². The second-order valence-electron chi connectivity index (χ2n) is 4.77. The molecule has 3 rings (SSSR count). The molecule has 1 aliphatic heterocycles. The Morgan fingerprint density at radius 2 is 1.76 bits per heavy atom. The average Bonchev–Trinajstić information content (AvgIpc) is 2.67. The Kier molecular flexibility index (Phi) is 5.09. The number of fused-ring (bicyclic) bond motifs is 1. The summed E-state index contributed by atoms with van der Waals surface area (Å²) in [4.78, 5) is 4.66. The molecule has 0 spiro atoms. The van der Waals surface area contributed by atoms with Crippen LogP contribution in [0.4, 0.5) is 10.1 Å². The van der Waals surface area contributed by atoms with Crippen molar-refractivity contribution in [3.05, 3.63) is 65.5 Å². The topological polar surface area (TPSA) is 50.4 Å². The number of anilines is 1. The van der Waals surface area contributed by atoms with E-state index >= 15 is 0 Å². The summed E-state index contributed by atoms with van der Waals surface area (Å²) in [6.45, 7) is 1.09. The van der Waals surface area contributed by atoms with E-state index in [0.29, 0.717) is 24.4 Å². The quantitative estimate of drug-likeness (QED) is 0.875. The summed E-state index contributed by atoms with van der Waals surface area (Å²) in [6, 6.07) is 14.5. The van der Waals surface area contributed by atoms with Crippen molar-refractivity contribution in [2.45, 2.75) is 6.04 Å². The fraction of sp³-hybridized carbons (Fsp3) is 0.188. The minimum atomic E-state index is -0.265. The van der Waals surface area contributed by atoms with Gasteiger partial charge in [-0.3, -0.25) is 4.99 Å². The molecular formula is C16H17BrFN3. The highest BCUT2D eigenvalue weighted by molar-refractivity contribution is 8.93. The first-order valence-electron chi connectivity index (χ1n) is 6.65. The van der Waals surface area contributed by atoms with Crippen LogP contribution in [-0.2, 0) is 0 Å². The van der Waals surface area contributed by atoms with Gasteiger partial charge in [-0.05, 0) is 18.2 Å². The molecule has 5 heteroatoms. The molecule has 21 heavy (non-hydrogen) atoms. The molecule has 1 atom stereocenters. The maximum Gasteiger partial charge on any atom is 0.132 e. The molecule has 0 saturated carbocycles. The van der Waals surface area contributed by atoms with E-state index in [1.54, 1.807) is 12.1 Å². The molecule has 0 amide bonds. The summed E-state index contributed by atoms with van der Waals surface area (Å²) in [6.07, 6.45) is 0. The van der Waals surface area contributed by atoms with Crippen LogP contribution in [0, 0.1) is 5.82 Å². The molecule has 110 valence electrons. The van der Waals surface area contributed by atoms with Gasteiger partial charge < -0.3 is 11.1 Å². The highest BCUT2D eigenvalue weighted by Crippen LogP contribution is 2.24. The summed E-state index contributed by atoms with van der Waals surface area (Å²) < 4.78 is 14.1. The number of para-hydroxylation sites is 1. The van der Waals surface area contributed by atoms with Crippen LogP contribution in [0.1, 0.15) is 11.1 Å². The number of benzene rings is 2. The average molecular weight is 350 g/mol. The first-order chi connectivity index (χ1) is 9.79. The smallest absolute Gasteiger partial charge is 0.132 e. The first kappa shape index (κ1) is 15.7. The summed E-state index contributed by atoms with van der Waals surface area (Å²) in [5.41, 5.74) is 8.80. The van der Waals surface area contributed by atoms with Gasteiger partial charge in [-0.1, -0.05) is 30.3 Å². The maximum atomic E-state index is 14.1. The zero-order valence-electron chi connectivity index (χ0n) is 11.4. The number of halogens is 2. The van der Waals surface area contributed by atoms with Crippen LogP contribution in [0.2, 0.25) is 0 Å². The predicted molar refractivity (Wildman–Crippen MR) is 90.1 cm³/mol. The largest absolute Gasteiger partial charge is 0.382 e. The van der Waals surface area contributed by atoms with Crippen molar-refractivity contribution in [2.75, 3.05) is 18.4 Å². The normalized spacial score (nSPS) is 16.9. The molecule has 2 aromatic carbocycles. The van der Waals surface area contributed by atoms with Crippen LogP contribution in [0.15, 0.2) is 53.5 Å². The van der Waals surface area contributed by atoms with Crippen molar-refractivity contribution in [3.63, 3.8) is 0 Å². The van der Waals surface area contributed by atoms with Gasteiger partial charge in [0.25, 0.3) is 0 Å². The SMILES string of the molecule is Br.NCC1CNc2ccccc2C(c2ccccc2F)=N1. The van der Waals surface area contributed by atoms with Crippen molar-refractivity contribution < 1.29 is 4.39 Å². The van der Waals surface area contributed by atoms with Crippen molar-refractivity contribution in [2.24, 2.45) is 10.7 Å². The van der Waals surface area contributed by atoms with E-state index in [-0.39, 0.29) is 28.8 Å². The number of nitrogens with two attached hydrogens (primary N) is 1. The predicted octanol–water partition coefficient (Wildman–Crippen LogP) is 2.99. The van der Waals surface area contributed by atoms with Gasteiger partial charge >= 0.3 is 0 Å². The van der Waals surface area contributed by atoms with E-state index in [1.165, 1.54) is 6.07 Å². The Morgan fingerprint density at radius 3 is 2.48 bits per heavy atom. The van der Waals surface area contributed by atoms with Crippen molar-refractivity contribution >= 4 is 28.4 Å². The van der Waals surface area contributed by atoms with Crippen LogP contribution in [-0.4, -0.2) is 24.8 Å². The van der Waals surface area contributed by atoms with Crippen LogP contribution in [0.3, 0.4) is 0 Å². The van der Waals surface area contributed by atoms with Gasteiger partial charge in [0.2, 0.25) is 0 Å². The number of hydrogen-bond donors (Lipinski definition) is 2. The van der Waals surface area contributed by atoms with Crippen molar-refractivity contribution in [1.82, 2.24) is 0 Å². The van der Waals surface area contributed by atoms with E-state index in [9.17, 15) is 4.39 Å². The van der Waals surface area contributed by atoms with Crippen molar-refractivity contribution in [3.8, 4) is 0 Å². The molecule has 0 aromatic heterocycles. The molecule has 0 radical (unpaired) electrons. The van der Waals surface area contributed by atoms with E-state index in [2.05, 4.69) is 10.3 Å². The summed E-state index contributed by atoms with van der Waals surface area (Å²) in [7, 11) is 0. The van der Waals surface area contributed by atoms with Crippen LogP contribution in [0.25, 0.3) is 0 Å². The van der Waals surface area contributed by atoms with Gasteiger partial charge in [0.05, 0.1) is 11.8 Å². The number of nitrogens with one attached hydrogen (secondary N) is 1. The molecule has 0 saturated heterocycles. The third-order valence-corrected chi connectivity index (χ3v) is 3.42. The van der Waals surface area contributed by atoms with Crippen LogP contribution in [0.5, 0.6) is 0 Å². The third kappa shape index (κ3) is 3.14. The van der Waals surface area contributed by atoms with E-state index in [1.807, 2.05) is 30.3 Å². The van der Waals surface area contributed by atoms with Crippen LogP contribution >= 0.6 is 17.0 Å². The number of rotatable bonds is 2. The number of aliphatic imine (C=N–C) groups is 1. The zero-order valence-corrected chi connectivity index (χ0v) is 13.1. The minimum Gasteiger partial charge on any atom is -0.382 e. The highest BCUT2D eigenvalue weighted by atomic mass is 79.9. The van der Waals surface area contributed by atoms with Gasteiger partial charge in [-0.15, -0.1) is 17.0 Å². The molecule has 1 unspecified atom stereocenters. The molecule has 0 fully saturated rings. The fourth-order valence-electron chi connectivity index (χ4n) is 2.37. The Balaban J connectivity index is 0.00000161. The number of hydrogen-bond acceptors (Lipinski definition) is 3. The number of benzodiazepines with no additional fused rings is 1. The second kappa shape index (κ2) is 6.83. The van der Waals surface area contributed by atoms with E-state index in [0.717, 1.165) is 11.3 Å². The summed E-state index contributed by atoms with van der Waals surface area (Å²) >= 11 is 0. The van der Waals surface area contributed by atoms with Gasteiger partial charge in [0, 0.05) is 29.9 Å². The van der Waals surface area contributed by atoms with Gasteiger partial charge in [-0.2, -0.15) is 0 Å². The first-order valence-corrected chi connectivity index (χ1v) is 6.65. The molecular weight excluding hydrogens is 333 g/mol. The molecule has 3 nitrogen and oxygen atoms in total. The molecule has 0 aliphatic carbocycles. The Labute approximate surface area is 133 Å². The zero-order chi connectivity index (χ0) is 13.9. The Hall–Kier alpha value is -1.72. The lowest BCUT2D eigenvalue weighted by molar-refractivity contribution is 0.624. The summed E-state index contributed by atoms with van der Waals surface area (Å²) in [5.74, 6) is -0.265. The van der Waals surface area contributed by atoms with E-state index in [4.69, 9.17) is 5.73 Å². The number of nitrogens with zero attached hydrogens (tertiary/aromatic N) is 1. The Morgan fingerprint density at radius 1 is 1.10 bits per heavy atom. The molecule has 1 aliphatic rings. The monoisotopic (exact) mass is 349 g/mol. The lowest BCUT2D eigenvalue weighted by atomic mass is 10.00. The standard InChI is InChI=1S/C16H16FN3.BrH/c17-14-7-3-1-5-12(14)16-13-6-2-4-8-15(13)19-10-11(9-18)20-16;/h1-8,11,19H,9-10,18H2;1H. The van der Waals surface area contributed by atoms with Gasteiger partial charge in [0.15, 0.2) is 0 Å². The molecule has 1 heterocycles. The maximum absolute atomic E-state index is 14.1. The molecule has 0 bridgehead atoms. The van der Waals surface area contributed by atoms with Gasteiger partial charge in [0.1, 0.15) is 5.82 Å². The third-order valence-electron chi connectivity index (χ3n) is 3.42. The molecule has 2 aromatic rings.